The number of halogens is 1. The minimum absolute atomic E-state index is 0.396. The van der Waals surface area contributed by atoms with Crippen molar-refractivity contribution in [3.8, 4) is 0 Å². The van der Waals surface area contributed by atoms with E-state index in [4.69, 9.17) is 5.73 Å². The molecule has 5 heteroatoms. The topological polar surface area (TPSA) is 72.2 Å². The van der Waals surface area contributed by atoms with Crippen molar-refractivity contribution in [2.45, 2.75) is 0 Å². The fourth-order valence-corrected chi connectivity index (χ4v) is 1.31. The van der Waals surface area contributed by atoms with Crippen LogP contribution in [-0.2, 0) is 9.59 Å². The number of nitrogens with one attached hydrogen (secondary N) is 1. The first-order valence-corrected chi connectivity index (χ1v) is 4.91. The average molecular weight is 269 g/mol. The quantitative estimate of drug-likeness (QED) is 0.815. The van der Waals surface area contributed by atoms with Gasteiger partial charge >= 0.3 is 0 Å². The highest BCUT2D eigenvalue weighted by molar-refractivity contribution is 9.10. The van der Waals surface area contributed by atoms with Crippen LogP contribution in [0.2, 0.25) is 0 Å². The third kappa shape index (κ3) is 4.42. The Kier molecular flexibility index (Phi) is 4.05. The predicted molar refractivity (Wildman–Crippen MR) is 61.1 cm³/mol. The van der Waals surface area contributed by atoms with Gasteiger partial charge in [-0.05, 0) is 18.2 Å². The van der Waals surface area contributed by atoms with Crippen LogP contribution in [0.25, 0.3) is 0 Å². The zero-order valence-electron chi connectivity index (χ0n) is 7.74. The van der Waals surface area contributed by atoms with E-state index in [2.05, 4.69) is 21.2 Å². The van der Waals surface area contributed by atoms with Gasteiger partial charge in [-0.15, -0.1) is 0 Å². The maximum absolute atomic E-state index is 11.2. The fraction of sp³-hybridized carbons (Fsp3) is 0. The Hall–Kier alpha value is -1.62. The number of nitrogens with two attached hydrogens (primary N) is 1. The van der Waals surface area contributed by atoms with E-state index in [1.807, 2.05) is 6.07 Å². The Balaban J connectivity index is 2.63. The van der Waals surface area contributed by atoms with Crippen LogP contribution in [0.3, 0.4) is 0 Å². The lowest BCUT2D eigenvalue weighted by Crippen LogP contribution is -2.11. The highest BCUT2D eigenvalue weighted by atomic mass is 79.9. The summed E-state index contributed by atoms with van der Waals surface area (Å²) in [5, 5.41) is 2.57. The standard InChI is InChI=1S/C10H9BrN2O2/c11-7-2-1-3-8(6-7)13-10(15)5-4-9(12)14/h1-6H,(H2,12,14)(H,13,15)/b5-4-. The lowest BCUT2D eigenvalue weighted by Gasteiger charge is -2.01. The number of carbonyl (C=O) groups is 2. The van der Waals surface area contributed by atoms with Crippen molar-refractivity contribution in [1.82, 2.24) is 0 Å². The smallest absolute Gasteiger partial charge is 0.248 e. The van der Waals surface area contributed by atoms with Crippen LogP contribution >= 0.6 is 15.9 Å². The number of benzene rings is 1. The number of amides is 2. The molecule has 0 aromatic heterocycles. The Morgan fingerprint density at radius 1 is 1.33 bits per heavy atom. The van der Waals surface area contributed by atoms with E-state index in [9.17, 15) is 9.59 Å². The van der Waals surface area contributed by atoms with Crippen LogP contribution in [0.15, 0.2) is 40.9 Å². The highest BCUT2D eigenvalue weighted by Gasteiger charge is 1.98. The molecule has 0 aliphatic carbocycles. The second-order valence-corrected chi connectivity index (χ2v) is 3.65. The summed E-state index contributed by atoms with van der Waals surface area (Å²) in [6.45, 7) is 0. The van der Waals surface area contributed by atoms with Crippen molar-refractivity contribution in [3.05, 3.63) is 40.9 Å². The Bertz CT molecular complexity index is 416. The zero-order chi connectivity index (χ0) is 11.3. The molecule has 0 unspecified atom stereocenters. The molecule has 78 valence electrons. The van der Waals surface area contributed by atoms with E-state index in [1.54, 1.807) is 18.2 Å². The van der Waals surface area contributed by atoms with E-state index in [-0.39, 0.29) is 0 Å². The molecule has 3 N–H and O–H groups in total. The fourth-order valence-electron chi connectivity index (χ4n) is 0.908. The second-order valence-electron chi connectivity index (χ2n) is 2.74. The largest absolute Gasteiger partial charge is 0.366 e. The number of hydrogen-bond acceptors (Lipinski definition) is 2. The highest BCUT2D eigenvalue weighted by Crippen LogP contribution is 2.15. The van der Waals surface area contributed by atoms with E-state index in [0.717, 1.165) is 16.6 Å². The first-order chi connectivity index (χ1) is 7.08. The molecular formula is C10H9BrN2O2. The average Bonchev–Trinajstić information content (AvgIpc) is 2.15. The van der Waals surface area contributed by atoms with Gasteiger partial charge in [0, 0.05) is 22.3 Å². The third-order valence-electron chi connectivity index (χ3n) is 1.49. The summed E-state index contributed by atoms with van der Waals surface area (Å²) in [7, 11) is 0. The van der Waals surface area contributed by atoms with E-state index in [1.165, 1.54) is 0 Å². The first-order valence-electron chi connectivity index (χ1n) is 4.12. The van der Waals surface area contributed by atoms with Crippen LogP contribution < -0.4 is 11.1 Å². The first kappa shape index (κ1) is 11.5. The number of rotatable bonds is 3. The molecule has 15 heavy (non-hydrogen) atoms. The minimum Gasteiger partial charge on any atom is -0.366 e. The maximum Gasteiger partial charge on any atom is 0.248 e. The molecule has 0 aliphatic heterocycles. The van der Waals surface area contributed by atoms with Crippen molar-refractivity contribution in [2.24, 2.45) is 5.73 Å². The molecule has 2 amide bonds. The molecule has 4 nitrogen and oxygen atoms in total. The molecule has 0 fully saturated rings. The zero-order valence-corrected chi connectivity index (χ0v) is 9.32. The van der Waals surface area contributed by atoms with E-state index >= 15 is 0 Å². The van der Waals surface area contributed by atoms with Crippen molar-refractivity contribution in [2.75, 3.05) is 5.32 Å². The van der Waals surface area contributed by atoms with Crippen LogP contribution in [-0.4, -0.2) is 11.8 Å². The number of hydrogen-bond donors (Lipinski definition) is 2. The Morgan fingerprint density at radius 2 is 2.07 bits per heavy atom. The Labute approximate surface area is 95.3 Å². The maximum atomic E-state index is 11.2. The normalized spacial score (nSPS) is 10.2. The molecule has 0 heterocycles. The molecule has 0 atom stereocenters. The molecule has 0 spiro atoms. The van der Waals surface area contributed by atoms with Gasteiger partial charge in [-0.3, -0.25) is 9.59 Å². The number of primary amides is 1. The molecule has 0 saturated carbocycles. The van der Waals surface area contributed by atoms with Gasteiger partial charge in [0.25, 0.3) is 0 Å². The third-order valence-corrected chi connectivity index (χ3v) is 1.98. The van der Waals surface area contributed by atoms with Gasteiger partial charge in [0.1, 0.15) is 0 Å². The number of anilines is 1. The van der Waals surface area contributed by atoms with Crippen molar-refractivity contribution < 1.29 is 9.59 Å². The van der Waals surface area contributed by atoms with Crippen molar-refractivity contribution >= 4 is 33.4 Å². The molecule has 0 aliphatic rings. The molecule has 1 aromatic carbocycles. The van der Waals surface area contributed by atoms with Crippen LogP contribution in [0, 0.1) is 0 Å². The van der Waals surface area contributed by atoms with Gasteiger partial charge in [0.15, 0.2) is 0 Å². The monoisotopic (exact) mass is 268 g/mol. The van der Waals surface area contributed by atoms with E-state index in [0.29, 0.717) is 5.69 Å². The second kappa shape index (κ2) is 5.31. The SMILES string of the molecule is NC(=O)/C=C\C(=O)Nc1cccc(Br)c1. The lowest BCUT2D eigenvalue weighted by atomic mass is 10.3. The molecule has 0 bridgehead atoms. The molecule has 1 rings (SSSR count). The summed E-state index contributed by atoms with van der Waals surface area (Å²) < 4.78 is 0.860. The van der Waals surface area contributed by atoms with Gasteiger partial charge < -0.3 is 11.1 Å². The number of carbonyl (C=O) groups excluding carboxylic acids is 2. The summed E-state index contributed by atoms with van der Waals surface area (Å²) in [4.78, 5) is 21.6. The Morgan fingerprint density at radius 3 is 2.67 bits per heavy atom. The van der Waals surface area contributed by atoms with Gasteiger partial charge in [0.2, 0.25) is 11.8 Å². The van der Waals surface area contributed by atoms with Crippen LogP contribution in [0.5, 0.6) is 0 Å². The van der Waals surface area contributed by atoms with Gasteiger partial charge in [-0.25, -0.2) is 0 Å². The molecule has 1 aromatic rings. The van der Waals surface area contributed by atoms with Crippen molar-refractivity contribution in [3.63, 3.8) is 0 Å². The van der Waals surface area contributed by atoms with Gasteiger partial charge in [-0.2, -0.15) is 0 Å². The molecule has 0 radical (unpaired) electrons. The van der Waals surface area contributed by atoms with Crippen LogP contribution in [0.4, 0.5) is 5.69 Å². The van der Waals surface area contributed by atoms with Gasteiger partial charge in [-0.1, -0.05) is 22.0 Å². The van der Waals surface area contributed by atoms with Crippen LogP contribution in [0.1, 0.15) is 0 Å². The summed E-state index contributed by atoms with van der Waals surface area (Å²) in [6.07, 6.45) is 2.09. The van der Waals surface area contributed by atoms with Gasteiger partial charge in [0.05, 0.1) is 0 Å². The summed E-state index contributed by atoms with van der Waals surface area (Å²) in [5.41, 5.74) is 5.49. The molecular weight excluding hydrogens is 260 g/mol. The molecule has 0 saturated heterocycles. The lowest BCUT2D eigenvalue weighted by molar-refractivity contribution is -0.115. The van der Waals surface area contributed by atoms with E-state index < -0.39 is 11.8 Å². The summed E-state index contributed by atoms with van der Waals surface area (Å²) in [6, 6.07) is 7.11. The van der Waals surface area contributed by atoms with Crippen molar-refractivity contribution in [1.29, 1.82) is 0 Å². The predicted octanol–water partition coefficient (Wildman–Crippen LogP) is 1.43. The minimum atomic E-state index is -0.653. The summed E-state index contributed by atoms with van der Waals surface area (Å²) in [5.74, 6) is -1.05. The summed E-state index contributed by atoms with van der Waals surface area (Å²) >= 11 is 3.27.